The largest absolute Gasteiger partial charge is 0.348 e. The second kappa shape index (κ2) is 9.84. The van der Waals surface area contributed by atoms with Crippen LogP contribution in [0.2, 0.25) is 0 Å². The number of carbonyl (C=O) groups is 3. The summed E-state index contributed by atoms with van der Waals surface area (Å²) < 4.78 is 26.4. The predicted octanol–water partition coefficient (Wildman–Crippen LogP) is 3.04. The Balaban J connectivity index is 1.67. The lowest BCUT2D eigenvalue weighted by Gasteiger charge is -2.21. The molecule has 0 saturated heterocycles. The van der Waals surface area contributed by atoms with E-state index in [2.05, 4.69) is 5.32 Å². The number of amides is 3. The van der Waals surface area contributed by atoms with Crippen LogP contribution in [0.5, 0.6) is 0 Å². The van der Waals surface area contributed by atoms with E-state index in [-0.39, 0.29) is 46.3 Å². The summed E-state index contributed by atoms with van der Waals surface area (Å²) >= 11 is 0. The lowest BCUT2D eigenvalue weighted by Crippen LogP contribution is -2.33. The fourth-order valence-corrected chi connectivity index (χ4v) is 4.83. The van der Waals surface area contributed by atoms with Crippen molar-refractivity contribution in [3.8, 4) is 0 Å². The number of fused-ring (bicyclic) bond motifs is 1. The third kappa shape index (κ3) is 4.99. The van der Waals surface area contributed by atoms with Gasteiger partial charge in [0.2, 0.25) is 10.0 Å². The van der Waals surface area contributed by atoms with Crippen LogP contribution >= 0.6 is 0 Å². The van der Waals surface area contributed by atoms with E-state index in [9.17, 15) is 22.8 Å². The average Bonchev–Trinajstić information content (AvgIpc) is 3.04. The van der Waals surface area contributed by atoms with E-state index in [1.807, 2.05) is 6.92 Å². The van der Waals surface area contributed by atoms with E-state index in [0.29, 0.717) is 12.1 Å². The molecule has 1 N–H and O–H groups in total. The van der Waals surface area contributed by atoms with Gasteiger partial charge in [-0.2, -0.15) is 4.31 Å². The monoisotopic (exact) mass is 471 g/mol. The molecular weight excluding hydrogens is 442 g/mol. The van der Waals surface area contributed by atoms with Gasteiger partial charge < -0.3 is 5.32 Å². The van der Waals surface area contributed by atoms with Crippen molar-refractivity contribution in [1.82, 2.24) is 14.5 Å². The van der Waals surface area contributed by atoms with Gasteiger partial charge in [-0.25, -0.2) is 8.42 Å². The van der Waals surface area contributed by atoms with Crippen molar-refractivity contribution in [2.24, 2.45) is 0 Å². The van der Waals surface area contributed by atoms with Crippen LogP contribution in [-0.2, 0) is 16.6 Å². The highest BCUT2D eigenvalue weighted by atomic mass is 32.2. The van der Waals surface area contributed by atoms with Crippen molar-refractivity contribution >= 4 is 27.7 Å². The summed E-state index contributed by atoms with van der Waals surface area (Å²) in [5, 5.41) is 2.77. The molecule has 8 nitrogen and oxygen atoms in total. The molecule has 0 aliphatic carbocycles. The summed E-state index contributed by atoms with van der Waals surface area (Å²) in [6.45, 7) is 6.13. The number of benzene rings is 2. The van der Waals surface area contributed by atoms with Gasteiger partial charge in [-0.05, 0) is 56.2 Å². The molecule has 2 aromatic rings. The first-order valence-corrected chi connectivity index (χ1v) is 12.4. The Hall–Kier alpha value is -3.04. The third-order valence-electron chi connectivity index (χ3n) is 5.75. The Kier molecular flexibility index (Phi) is 7.34. The molecular formula is C24H29N3O5S. The normalized spacial score (nSPS) is 13.7. The fraction of sp³-hybridized carbons (Fsp3) is 0.375. The topological polar surface area (TPSA) is 104 Å². The number of imide groups is 1. The van der Waals surface area contributed by atoms with Crippen molar-refractivity contribution in [1.29, 1.82) is 0 Å². The maximum atomic E-state index is 12.6. The lowest BCUT2D eigenvalue weighted by atomic mass is 10.1. The lowest BCUT2D eigenvalue weighted by molar-refractivity contribution is 0.0652. The standard InChI is InChI=1S/C24H29N3O5S/c1-5-6-13-27-23(29)20-12-9-18(14-21(20)24(27)30)22(28)25-15-17-7-10-19(11-8-17)33(31,32)26(4)16(2)3/h7-12,14,16H,5-6,13,15H2,1-4H3,(H,25,28). The minimum atomic E-state index is -3.57. The smallest absolute Gasteiger partial charge is 0.261 e. The van der Waals surface area contributed by atoms with Gasteiger partial charge >= 0.3 is 0 Å². The van der Waals surface area contributed by atoms with E-state index in [1.165, 1.54) is 46.6 Å². The number of hydrogen-bond acceptors (Lipinski definition) is 5. The van der Waals surface area contributed by atoms with E-state index in [1.54, 1.807) is 26.0 Å². The zero-order valence-corrected chi connectivity index (χ0v) is 20.1. The Morgan fingerprint density at radius 1 is 1.03 bits per heavy atom. The Morgan fingerprint density at radius 3 is 2.27 bits per heavy atom. The van der Waals surface area contributed by atoms with Crippen LogP contribution in [0.1, 0.15) is 70.3 Å². The van der Waals surface area contributed by atoms with E-state index >= 15 is 0 Å². The van der Waals surface area contributed by atoms with Gasteiger partial charge in [0.1, 0.15) is 0 Å². The highest BCUT2D eigenvalue weighted by Crippen LogP contribution is 2.24. The number of nitrogens with one attached hydrogen (secondary N) is 1. The molecule has 2 aromatic carbocycles. The highest BCUT2D eigenvalue weighted by Gasteiger charge is 2.35. The number of sulfonamides is 1. The molecule has 176 valence electrons. The van der Waals surface area contributed by atoms with Crippen LogP contribution in [0.15, 0.2) is 47.4 Å². The molecule has 1 aliphatic rings. The Bertz CT molecular complexity index is 1170. The van der Waals surface area contributed by atoms with Gasteiger partial charge in [0.25, 0.3) is 17.7 Å². The molecule has 3 rings (SSSR count). The Morgan fingerprint density at radius 2 is 1.67 bits per heavy atom. The van der Waals surface area contributed by atoms with Gasteiger partial charge in [-0.3, -0.25) is 19.3 Å². The summed E-state index contributed by atoms with van der Waals surface area (Å²) in [6, 6.07) is 10.7. The maximum absolute atomic E-state index is 12.6. The molecule has 0 atom stereocenters. The van der Waals surface area contributed by atoms with Gasteiger partial charge in [0, 0.05) is 31.7 Å². The first kappa shape index (κ1) is 24.6. The van der Waals surface area contributed by atoms with Crippen molar-refractivity contribution in [2.75, 3.05) is 13.6 Å². The number of nitrogens with zero attached hydrogens (tertiary/aromatic N) is 2. The second-order valence-electron chi connectivity index (χ2n) is 8.32. The highest BCUT2D eigenvalue weighted by molar-refractivity contribution is 7.89. The molecule has 0 aromatic heterocycles. The van der Waals surface area contributed by atoms with E-state index in [4.69, 9.17) is 0 Å². The van der Waals surface area contributed by atoms with Crippen molar-refractivity contribution in [3.63, 3.8) is 0 Å². The molecule has 33 heavy (non-hydrogen) atoms. The minimum Gasteiger partial charge on any atom is -0.348 e. The molecule has 3 amide bonds. The summed E-state index contributed by atoms with van der Waals surface area (Å²) in [5.74, 6) is -1.09. The van der Waals surface area contributed by atoms with E-state index in [0.717, 1.165) is 18.4 Å². The van der Waals surface area contributed by atoms with Crippen molar-refractivity contribution < 1.29 is 22.8 Å². The van der Waals surface area contributed by atoms with Crippen LogP contribution in [0, 0.1) is 0 Å². The van der Waals surface area contributed by atoms with Crippen LogP contribution in [0.25, 0.3) is 0 Å². The summed E-state index contributed by atoms with van der Waals surface area (Å²) in [7, 11) is -2.04. The average molecular weight is 472 g/mol. The molecule has 1 aliphatic heterocycles. The van der Waals surface area contributed by atoms with Gasteiger partial charge in [0.15, 0.2) is 0 Å². The second-order valence-corrected chi connectivity index (χ2v) is 10.3. The first-order valence-electron chi connectivity index (χ1n) is 10.9. The van der Waals surface area contributed by atoms with E-state index < -0.39 is 10.0 Å². The van der Waals surface area contributed by atoms with Crippen LogP contribution in [0.4, 0.5) is 0 Å². The minimum absolute atomic E-state index is 0.165. The molecule has 0 saturated carbocycles. The van der Waals surface area contributed by atoms with Gasteiger partial charge in [0.05, 0.1) is 16.0 Å². The number of hydrogen-bond donors (Lipinski definition) is 1. The summed E-state index contributed by atoms with van der Waals surface area (Å²) in [6.07, 6.45) is 1.59. The summed E-state index contributed by atoms with van der Waals surface area (Å²) in [5.41, 5.74) is 1.57. The number of carbonyl (C=O) groups excluding carboxylic acids is 3. The SMILES string of the molecule is CCCCN1C(=O)c2ccc(C(=O)NCc3ccc(S(=O)(=O)N(C)C(C)C)cc3)cc2C1=O. The van der Waals surface area contributed by atoms with Gasteiger partial charge in [-0.1, -0.05) is 25.5 Å². The van der Waals surface area contributed by atoms with Crippen LogP contribution in [-0.4, -0.2) is 55.0 Å². The Labute approximate surface area is 194 Å². The predicted molar refractivity (Wildman–Crippen MR) is 124 cm³/mol. The number of rotatable bonds is 9. The fourth-order valence-electron chi connectivity index (χ4n) is 3.46. The first-order chi connectivity index (χ1) is 15.6. The molecule has 9 heteroatoms. The molecule has 0 unspecified atom stereocenters. The number of unbranched alkanes of at least 4 members (excludes halogenated alkanes) is 1. The zero-order valence-electron chi connectivity index (χ0n) is 19.3. The maximum Gasteiger partial charge on any atom is 0.261 e. The molecule has 0 fully saturated rings. The molecule has 1 heterocycles. The van der Waals surface area contributed by atoms with Gasteiger partial charge in [-0.15, -0.1) is 0 Å². The zero-order chi connectivity index (χ0) is 24.3. The molecule has 0 radical (unpaired) electrons. The molecule has 0 bridgehead atoms. The van der Waals surface area contributed by atoms with Crippen molar-refractivity contribution in [3.05, 3.63) is 64.7 Å². The van der Waals surface area contributed by atoms with Crippen LogP contribution < -0.4 is 5.32 Å². The van der Waals surface area contributed by atoms with Crippen molar-refractivity contribution in [2.45, 2.75) is 51.1 Å². The molecule has 0 spiro atoms. The summed E-state index contributed by atoms with van der Waals surface area (Å²) in [4.78, 5) is 39.1. The third-order valence-corrected chi connectivity index (χ3v) is 7.80. The quantitative estimate of drug-likeness (QED) is 0.566. The van der Waals surface area contributed by atoms with Crippen LogP contribution in [0.3, 0.4) is 0 Å².